The topological polar surface area (TPSA) is 41.4 Å². The van der Waals surface area contributed by atoms with Crippen molar-refractivity contribution < 1.29 is 4.79 Å². The van der Waals surface area contributed by atoms with E-state index in [0.717, 1.165) is 53.2 Å². The van der Waals surface area contributed by atoms with Gasteiger partial charge < -0.3 is 9.80 Å². The molecule has 31 heavy (non-hydrogen) atoms. The number of aromatic nitrogens is 2. The van der Waals surface area contributed by atoms with E-state index in [1.807, 2.05) is 65.6 Å². The van der Waals surface area contributed by atoms with E-state index in [9.17, 15) is 4.79 Å². The van der Waals surface area contributed by atoms with Crippen LogP contribution >= 0.6 is 0 Å². The van der Waals surface area contributed by atoms with Crippen molar-refractivity contribution in [1.82, 2.24) is 19.4 Å². The van der Waals surface area contributed by atoms with E-state index in [1.165, 1.54) is 0 Å². The second-order valence-electron chi connectivity index (χ2n) is 8.33. The number of hydrogen-bond acceptors (Lipinski definition) is 3. The molecule has 156 valence electrons. The third-order valence-corrected chi connectivity index (χ3v) is 6.15. The van der Waals surface area contributed by atoms with Crippen LogP contribution in [0.3, 0.4) is 0 Å². The first-order valence-corrected chi connectivity index (χ1v) is 10.7. The maximum absolute atomic E-state index is 13.0. The van der Waals surface area contributed by atoms with Crippen molar-refractivity contribution in [3.05, 3.63) is 84.4 Å². The number of carbonyl (C=O) groups excluding carboxylic acids is 1. The van der Waals surface area contributed by atoms with Crippen LogP contribution in [0.25, 0.3) is 28.1 Å². The number of nitrogens with zero attached hydrogens (tertiary/aromatic N) is 4. The monoisotopic (exact) mass is 410 g/mol. The Morgan fingerprint density at radius 3 is 2.35 bits per heavy atom. The molecule has 0 spiro atoms. The molecule has 0 radical (unpaired) electrons. The van der Waals surface area contributed by atoms with Crippen LogP contribution in [-0.2, 0) is 0 Å². The summed E-state index contributed by atoms with van der Waals surface area (Å²) in [6.45, 7) is 1.60. The van der Waals surface area contributed by atoms with Crippen molar-refractivity contribution in [3.8, 4) is 17.1 Å². The molecule has 0 bridgehead atoms. The van der Waals surface area contributed by atoms with E-state index in [0.29, 0.717) is 6.04 Å². The average Bonchev–Trinajstić information content (AvgIpc) is 3.45. The Labute approximate surface area is 182 Å². The van der Waals surface area contributed by atoms with Gasteiger partial charge in [0.25, 0.3) is 5.91 Å². The van der Waals surface area contributed by atoms with E-state index in [4.69, 9.17) is 4.98 Å². The molecular weight excluding hydrogens is 384 g/mol. The van der Waals surface area contributed by atoms with Crippen molar-refractivity contribution in [1.29, 1.82) is 0 Å². The molecule has 1 atom stereocenters. The van der Waals surface area contributed by atoms with Crippen LogP contribution in [0.15, 0.2) is 78.9 Å². The first-order valence-electron chi connectivity index (χ1n) is 10.7. The highest BCUT2D eigenvalue weighted by molar-refractivity contribution is 5.94. The van der Waals surface area contributed by atoms with Crippen LogP contribution in [-0.4, -0.2) is 58.5 Å². The van der Waals surface area contributed by atoms with Gasteiger partial charge in [-0.3, -0.25) is 9.36 Å². The summed E-state index contributed by atoms with van der Waals surface area (Å²) in [6.07, 6.45) is 1.03. The fourth-order valence-electron chi connectivity index (χ4n) is 4.35. The van der Waals surface area contributed by atoms with E-state index in [2.05, 4.69) is 41.8 Å². The Kier molecular flexibility index (Phi) is 5.04. The van der Waals surface area contributed by atoms with Crippen molar-refractivity contribution >= 4 is 16.9 Å². The van der Waals surface area contributed by atoms with Gasteiger partial charge in [0.05, 0.1) is 11.0 Å². The SMILES string of the molecule is CN(C)[C@@H]1CCN(C(=O)c2ccc(-n3c(-c4ccccc4)nc4ccccc43)cc2)C1. The third kappa shape index (κ3) is 3.62. The van der Waals surface area contributed by atoms with Crippen LogP contribution < -0.4 is 0 Å². The molecule has 0 saturated carbocycles. The Bertz CT molecular complexity index is 1210. The number of fused-ring (bicyclic) bond motifs is 1. The molecular formula is C26H26N4O. The van der Waals surface area contributed by atoms with Gasteiger partial charge in [-0.25, -0.2) is 4.98 Å². The van der Waals surface area contributed by atoms with Gasteiger partial charge in [0, 0.05) is 35.9 Å². The first kappa shape index (κ1) is 19.5. The molecule has 5 heteroatoms. The minimum absolute atomic E-state index is 0.106. The van der Waals surface area contributed by atoms with Gasteiger partial charge in [-0.15, -0.1) is 0 Å². The number of benzene rings is 3. The number of para-hydroxylation sites is 2. The largest absolute Gasteiger partial charge is 0.337 e. The number of likely N-dealkylation sites (N-methyl/N-ethyl adjacent to an activating group) is 1. The minimum atomic E-state index is 0.106. The molecule has 5 nitrogen and oxygen atoms in total. The van der Waals surface area contributed by atoms with E-state index in [-0.39, 0.29) is 5.91 Å². The van der Waals surface area contributed by atoms with Crippen LogP contribution in [0.1, 0.15) is 16.8 Å². The van der Waals surface area contributed by atoms with Crippen molar-refractivity contribution in [2.45, 2.75) is 12.5 Å². The highest BCUT2D eigenvalue weighted by Crippen LogP contribution is 2.29. The van der Waals surface area contributed by atoms with Gasteiger partial charge in [-0.2, -0.15) is 0 Å². The lowest BCUT2D eigenvalue weighted by atomic mass is 10.1. The van der Waals surface area contributed by atoms with Gasteiger partial charge in [0.1, 0.15) is 5.82 Å². The molecule has 1 amide bonds. The van der Waals surface area contributed by atoms with Crippen molar-refractivity contribution in [2.24, 2.45) is 0 Å². The molecule has 3 aromatic carbocycles. The molecule has 0 N–H and O–H groups in total. The van der Waals surface area contributed by atoms with Crippen LogP contribution in [0.4, 0.5) is 0 Å². The van der Waals surface area contributed by atoms with Crippen LogP contribution in [0.5, 0.6) is 0 Å². The highest BCUT2D eigenvalue weighted by atomic mass is 16.2. The lowest BCUT2D eigenvalue weighted by molar-refractivity contribution is 0.0783. The van der Waals surface area contributed by atoms with Gasteiger partial charge in [-0.1, -0.05) is 42.5 Å². The summed E-state index contributed by atoms with van der Waals surface area (Å²) in [5, 5.41) is 0. The molecule has 0 unspecified atom stereocenters. The Balaban J connectivity index is 1.50. The molecule has 1 saturated heterocycles. The van der Waals surface area contributed by atoms with Crippen molar-refractivity contribution in [2.75, 3.05) is 27.2 Å². The summed E-state index contributed by atoms with van der Waals surface area (Å²) >= 11 is 0. The lowest BCUT2D eigenvalue weighted by Crippen LogP contribution is -2.34. The number of carbonyl (C=O) groups is 1. The van der Waals surface area contributed by atoms with Crippen molar-refractivity contribution in [3.63, 3.8) is 0 Å². The number of amides is 1. The summed E-state index contributed by atoms with van der Waals surface area (Å²) in [5.74, 6) is 1.00. The standard InChI is InChI=1S/C26H26N4O/c1-28(2)22-16-17-29(18-22)26(31)20-12-14-21(15-13-20)30-24-11-7-6-10-23(24)27-25(30)19-8-4-3-5-9-19/h3-15,22H,16-18H2,1-2H3/t22-/m1/s1. The second-order valence-corrected chi connectivity index (χ2v) is 8.33. The summed E-state index contributed by atoms with van der Waals surface area (Å²) in [5.41, 5.74) is 4.79. The molecule has 1 aliphatic rings. The number of rotatable bonds is 4. The molecule has 4 aromatic rings. The van der Waals surface area contributed by atoms with Crippen LogP contribution in [0, 0.1) is 0 Å². The van der Waals surface area contributed by atoms with Gasteiger partial charge in [0.2, 0.25) is 0 Å². The van der Waals surface area contributed by atoms with E-state index in [1.54, 1.807) is 0 Å². The Morgan fingerprint density at radius 2 is 1.65 bits per heavy atom. The normalized spacial score (nSPS) is 16.4. The number of imidazole rings is 1. The van der Waals surface area contributed by atoms with E-state index < -0.39 is 0 Å². The maximum Gasteiger partial charge on any atom is 0.253 e. The fourth-order valence-corrected chi connectivity index (χ4v) is 4.35. The molecule has 1 aliphatic heterocycles. The average molecular weight is 411 g/mol. The fraction of sp³-hybridized carbons (Fsp3) is 0.231. The predicted molar refractivity (Wildman–Crippen MR) is 125 cm³/mol. The second kappa shape index (κ2) is 8.00. The lowest BCUT2D eigenvalue weighted by Gasteiger charge is -2.20. The van der Waals surface area contributed by atoms with Gasteiger partial charge in [-0.05, 0) is 56.9 Å². The van der Waals surface area contributed by atoms with Gasteiger partial charge in [0.15, 0.2) is 0 Å². The van der Waals surface area contributed by atoms with Gasteiger partial charge >= 0.3 is 0 Å². The molecule has 1 aromatic heterocycles. The Morgan fingerprint density at radius 1 is 0.935 bits per heavy atom. The molecule has 1 fully saturated rings. The Hall–Kier alpha value is -3.44. The summed E-state index contributed by atoms with van der Waals surface area (Å²) in [6, 6.07) is 26.7. The smallest absolute Gasteiger partial charge is 0.253 e. The maximum atomic E-state index is 13.0. The molecule has 5 rings (SSSR count). The summed E-state index contributed by atoms with van der Waals surface area (Å²) < 4.78 is 2.16. The number of hydrogen-bond donors (Lipinski definition) is 0. The first-order chi connectivity index (χ1) is 15.1. The zero-order valence-corrected chi connectivity index (χ0v) is 17.9. The van der Waals surface area contributed by atoms with Crippen LogP contribution in [0.2, 0.25) is 0 Å². The molecule has 0 aliphatic carbocycles. The summed E-state index contributed by atoms with van der Waals surface area (Å²) in [7, 11) is 4.15. The summed E-state index contributed by atoms with van der Waals surface area (Å²) in [4.78, 5) is 22.0. The zero-order valence-electron chi connectivity index (χ0n) is 17.9. The van der Waals surface area contributed by atoms with E-state index >= 15 is 0 Å². The number of likely N-dealkylation sites (tertiary alicyclic amines) is 1. The predicted octanol–water partition coefficient (Wildman–Crippen LogP) is 4.47. The molecule has 2 heterocycles. The zero-order chi connectivity index (χ0) is 21.4. The minimum Gasteiger partial charge on any atom is -0.337 e. The quantitative estimate of drug-likeness (QED) is 0.499. The third-order valence-electron chi connectivity index (χ3n) is 6.15. The highest BCUT2D eigenvalue weighted by Gasteiger charge is 2.28.